The van der Waals surface area contributed by atoms with Crippen molar-refractivity contribution in [2.24, 2.45) is 5.73 Å². The smallest absolute Gasteiger partial charge is 0.300 e. The van der Waals surface area contributed by atoms with Gasteiger partial charge in [0.2, 0.25) is 11.6 Å². The van der Waals surface area contributed by atoms with Crippen LogP contribution < -0.4 is 10.6 Å². The number of morpholine rings is 1. The molecule has 3 rings (SSSR count). The molecule has 1 aliphatic heterocycles. The molecule has 1 saturated heterocycles. The average molecular weight is 248 g/mol. The molecule has 18 heavy (non-hydrogen) atoms. The van der Waals surface area contributed by atoms with E-state index in [0.717, 1.165) is 13.1 Å². The van der Waals surface area contributed by atoms with E-state index < -0.39 is 5.91 Å². The lowest BCUT2D eigenvalue weighted by Crippen LogP contribution is -2.36. The van der Waals surface area contributed by atoms with Crippen molar-refractivity contribution in [3.8, 4) is 0 Å². The fourth-order valence-corrected chi connectivity index (χ4v) is 1.83. The summed E-state index contributed by atoms with van der Waals surface area (Å²) in [6.45, 7) is 2.77. The summed E-state index contributed by atoms with van der Waals surface area (Å²) in [6.07, 6.45) is 1.40. The summed E-state index contributed by atoms with van der Waals surface area (Å²) in [7, 11) is 0. The summed E-state index contributed by atoms with van der Waals surface area (Å²) in [4.78, 5) is 21.4. The summed E-state index contributed by atoms with van der Waals surface area (Å²) in [6, 6.07) is 2.06. The first-order valence-corrected chi connectivity index (χ1v) is 5.63. The largest absolute Gasteiger partial charge is 0.422 e. The Balaban J connectivity index is 1.97. The molecule has 2 aromatic rings. The van der Waals surface area contributed by atoms with Gasteiger partial charge in [-0.2, -0.15) is 4.98 Å². The zero-order valence-corrected chi connectivity index (χ0v) is 9.63. The predicted molar refractivity (Wildman–Crippen MR) is 63.4 cm³/mol. The minimum Gasteiger partial charge on any atom is -0.422 e. The van der Waals surface area contributed by atoms with Gasteiger partial charge in [0.1, 0.15) is 0 Å². The van der Waals surface area contributed by atoms with Crippen LogP contribution in [0.4, 0.5) is 6.01 Å². The van der Waals surface area contributed by atoms with Gasteiger partial charge >= 0.3 is 0 Å². The van der Waals surface area contributed by atoms with Crippen molar-refractivity contribution in [2.75, 3.05) is 31.2 Å². The third kappa shape index (κ3) is 1.88. The molecule has 1 amide bonds. The van der Waals surface area contributed by atoms with Crippen molar-refractivity contribution in [3.63, 3.8) is 0 Å². The number of hydrogen-bond donors (Lipinski definition) is 1. The van der Waals surface area contributed by atoms with Crippen LogP contribution in [0.5, 0.6) is 0 Å². The van der Waals surface area contributed by atoms with Gasteiger partial charge in [0.25, 0.3) is 6.01 Å². The number of aromatic nitrogens is 2. The number of nitrogens with zero attached hydrogens (tertiary/aromatic N) is 3. The number of primary amides is 1. The normalized spacial score (nSPS) is 16.1. The SMILES string of the molecule is NC(=O)c1cnc2nc(N3CCOCC3)oc2c1. The molecule has 0 aromatic carbocycles. The zero-order chi connectivity index (χ0) is 12.5. The highest BCUT2D eigenvalue weighted by Gasteiger charge is 2.18. The molecule has 94 valence electrons. The standard InChI is InChI=1S/C11H12N4O3/c12-9(16)7-5-8-10(13-6-7)14-11(18-8)15-1-3-17-4-2-15/h5-6H,1-4H2,(H2,12,16). The Morgan fingerprint density at radius 1 is 1.39 bits per heavy atom. The van der Waals surface area contributed by atoms with Crippen molar-refractivity contribution in [1.82, 2.24) is 9.97 Å². The molecule has 1 fully saturated rings. The van der Waals surface area contributed by atoms with Crippen LogP contribution in [0, 0.1) is 0 Å². The molecule has 0 saturated carbocycles. The summed E-state index contributed by atoms with van der Waals surface area (Å²) in [5.74, 6) is -0.534. The molecule has 2 N–H and O–H groups in total. The van der Waals surface area contributed by atoms with Gasteiger partial charge in [-0.3, -0.25) is 4.79 Å². The second-order valence-electron chi connectivity index (χ2n) is 4.01. The summed E-state index contributed by atoms with van der Waals surface area (Å²) in [5.41, 5.74) is 6.44. The van der Waals surface area contributed by atoms with E-state index in [2.05, 4.69) is 9.97 Å². The molecule has 2 aromatic heterocycles. The minimum atomic E-state index is -0.534. The second-order valence-corrected chi connectivity index (χ2v) is 4.01. The van der Waals surface area contributed by atoms with Gasteiger partial charge in [-0.05, 0) is 6.07 Å². The number of anilines is 1. The van der Waals surface area contributed by atoms with Gasteiger partial charge in [-0.1, -0.05) is 0 Å². The number of carbonyl (C=O) groups excluding carboxylic acids is 1. The molecule has 0 bridgehead atoms. The maximum absolute atomic E-state index is 11.0. The molecule has 0 spiro atoms. The van der Waals surface area contributed by atoms with Gasteiger partial charge < -0.3 is 19.8 Å². The molecule has 3 heterocycles. The molecule has 7 heteroatoms. The van der Waals surface area contributed by atoms with Crippen LogP contribution in [0.25, 0.3) is 11.2 Å². The third-order valence-corrected chi connectivity index (χ3v) is 2.80. The number of fused-ring (bicyclic) bond motifs is 1. The van der Waals surface area contributed by atoms with Crippen LogP contribution in [0.1, 0.15) is 10.4 Å². The summed E-state index contributed by atoms with van der Waals surface area (Å²) < 4.78 is 10.8. The highest BCUT2D eigenvalue weighted by atomic mass is 16.5. The maximum Gasteiger partial charge on any atom is 0.300 e. The molecule has 7 nitrogen and oxygen atoms in total. The van der Waals surface area contributed by atoms with Gasteiger partial charge in [-0.15, -0.1) is 0 Å². The molecular weight excluding hydrogens is 236 g/mol. The fraction of sp³-hybridized carbons (Fsp3) is 0.364. The number of hydrogen-bond acceptors (Lipinski definition) is 6. The van der Waals surface area contributed by atoms with Crippen LogP contribution in [0.3, 0.4) is 0 Å². The van der Waals surface area contributed by atoms with E-state index in [1.165, 1.54) is 6.20 Å². The van der Waals surface area contributed by atoms with Crippen LogP contribution >= 0.6 is 0 Å². The lowest BCUT2D eigenvalue weighted by Gasteiger charge is -2.24. The summed E-state index contributed by atoms with van der Waals surface area (Å²) in [5, 5.41) is 0. The Morgan fingerprint density at radius 3 is 2.89 bits per heavy atom. The van der Waals surface area contributed by atoms with Crippen molar-refractivity contribution in [1.29, 1.82) is 0 Å². The Labute approximate surface area is 103 Å². The Morgan fingerprint density at radius 2 is 2.17 bits per heavy atom. The summed E-state index contributed by atoms with van der Waals surface area (Å²) >= 11 is 0. The third-order valence-electron chi connectivity index (χ3n) is 2.80. The van der Waals surface area contributed by atoms with E-state index in [1.54, 1.807) is 6.07 Å². The first-order chi connectivity index (χ1) is 8.74. The molecule has 1 aliphatic rings. The van der Waals surface area contributed by atoms with Gasteiger partial charge in [0, 0.05) is 19.3 Å². The van der Waals surface area contributed by atoms with E-state index in [1.807, 2.05) is 4.90 Å². The minimum absolute atomic E-state index is 0.312. The highest BCUT2D eigenvalue weighted by Crippen LogP contribution is 2.21. The van der Waals surface area contributed by atoms with Crippen molar-refractivity contribution in [3.05, 3.63) is 17.8 Å². The lowest BCUT2D eigenvalue weighted by molar-refractivity contribution is 0.1000. The number of pyridine rings is 1. The first kappa shape index (κ1) is 11.0. The van der Waals surface area contributed by atoms with E-state index in [-0.39, 0.29) is 0 Å². The van der Waals surface area contributed by atoms with Crippen LogP contribution in [0.15, 0.2) is 16.7 Å². The van der Waals surface area contributed by atoms with E-state index in [4.69, 9.17) is 14.9 Å². The monoisotopic (exact) mass is 248 g/mol. The number of ether oxygens (including phenoxy) is 1. The topological polar surface area (TPSA) is 94.5 Å². The Bertz CT molecular complexity index is 589. The maximum atomic E-state index is 11.0. The van der Waals surface area contributed by atoms with Crippen molar-refractivity contribution < 1.29 is 13.9 Å². The van der Waals surface area contributed by atoms with Crippen LogP contribution in [-0.4, -0.2) is 42.2 Å². The zero-order valence-electron chi connectivity index (χ0n) is 9.63. The molecule has 0 atom stereocenters. The molecule has 0 unspecified atom stereocenters. The second kappa shape index (κ2) is 4.26. The van der Waals surface area contributed by atoms with Gasteiger partial charge in [-0.25, -0.2) is 4.98 Å². The number of carbonyl (C=O) groups is 1. The number of nitrogens with two attached hydrogens (primary N) is 1. The van der Waals surface area contributed by atoms with Gasteiger partial charge in [0.15, 0.2) is 5.58 Å². The van der Waals surface area contributed by atoms with Gasteiger partial charge in [0.05, 0.1) is 18.8 Å². The van der Waals surface area contributed by atoms with E-state index in [0.29, 0.717) is 36.0 Å². The van der Waals surface area contributed by atoms with Crippen molar-refractivity contribution in [2.45, 2.75) is 0 Å². The molecule has 0 aliphatic carbocycles. The molecule has 0 radical (unpaired) electrons. The molecular formula is C11H12N4O3. The number of amides is 1. The van der Waals surface area contributed by atoms with E-state index in [9.17, 15) is 4.79 Å². The predicted octanol–water partition coefficient (Wildman–Crippen LogP) is 0.158. The Kier molecular flexibility index (Phi) is 2.60. The first-order valence-electron chi connectivity index (χ1n) is 5.63. The Hall–Kier alpha value is -2.15. The number of oxazole rings is 1. The highest BCUT2D eigenvalue weighted by molar-refractivity contribution is 5.94. The fourth-order valence-electron chi connectivity index (χ4n) is 1.83. The van der Waals surface area contributed by atoms with Crippen LogP contribution in [-0.2, 0) is 4.74 Å². The average Bonchev–Trinajstić information content (AvgIpc) is 2.82. The van der Waals surface area contributed by atoms with E-state index >= 15 is 0 Å². The van der Waals surface area contributed by atoms with Crippen LogP contribution in [0.2, 0.25) is 0 Å². The number of rotatable bonds is 2. The quantitative estimate of drug-likeness (QED) is 0.813. The lowest BCUT2D eigenvalue weighted by atomic mass is 10.3. The van der Waals surface area contributed by atoms with Crippen molar-refractivity contribution >= 4 is 23.2 Å².